The fourth-order valence-corrected chi connectivity index (χ4v) is 3.78. The highest BCUT2D eigenvalue weighted by molar-refractivity contribution is 5.39. The van der Waals surface area contributed by atoms with Gasteiger partial charge in [-0.05, 0) is 49.1 Å². The summed E-state index contributed by atoms with van der Waals surface area (Å²) in [5, 5.41) is 10.3. The molecule has 27 heavy (non-hydrogen) atoms. The van der Waals surface area contributed by atoms with Crippen LogP contribution < -0.4 is 10.1 Å². The molecular formula is C19H21F3N4O. The van der Waals surface area contributed by atoms with E-state index in [-0.39, 0.29) is 12.1 Å². The number of ether oxygens (including phenoxy) is 1. The van der Waals surface area contributed by atoms with Crippen LogP contribution in [0.4, 0.5) is 19.0 Å². The number of likely N-dealkylation sites (tertiary alicyclic amines) is 1. The summed E-state index contributed by atoms with van der Waals surface area (Å²) in [6.45, 7) is 0.943. The second-order valence-corrected chi connectivity index (χ2v) is 7.03. The Morgan fingerprint density at radius 3 is 2.56 bits per heavy atom. The molecule has 2 unspecified atom stereocenters. The molecule has 2 atom stereocenters. The van der Waals surface area contributed by atoms with E-state index in [2.05, 4.69) is 26.5 Å². The van der Waals surface area contributed by atoms with E-state index in [1.165, 1.54) is 18.9 Å². The Hall–Kier alpha value is -2.35. The maximum atomic E-state index is 12.7. The van der Waals surface area contributed by atoms with Crippen LogP contribution in [0, 0.1) is 0 Å². The molecule has 1 aromatic carbocycles. The Balaban J connectivity index is 1.57. The first-order valence-electron chi connectivity index (χ1n) is 9.03. The summed E-state index contributed by atoms with van der Waals surface area (Å²) >= 11 is 0. The van der Waals surface area contributed by atoms with Crippen LogP contribution in [0.5, 0.6) is 5.75 Å². The number of rotatable bonds is 5. The number of benzene rings is 1. The molecule has 2 aliphatic rings. The minimum absolute atomic E-state index is 0.0451. The SMILES string of the molecule is COc1cccc(C2C(Nc3ccc(C(F)(F)F)nn3)CCN2C2CC2)c1. The largest absolute Gasteiger partial charge is 0.497 e. The van der Waals surface area contributed by atoms with Gasteiger partial charge in [-0.15, -0.1) is 10.2 Å². The topological polar surface area (TPSA) is 50.3 Å². The lowest BCUT2D eigenvalue weighted by Gasteiger charge is -2.29. The molecule has 2 heterocycles. The van der Waals surface area contributed by atoms with Gasteiger partial charge in [0.05, 0.1) is 13.2 Å². The molecular weight excluding hydrogens is 357 g/mol. The Labute approximate surface area is 155 Å². The van der Waals surface area contributed by atoms with Gasteiger partial charge in [-0.25, -0.2) is 0 Å². The molecule has 0 spiro atoms. The fourth-order valence-electron chi connectivity index (χ4n) is 3.78. The second-order valence-electron chi connectivity index (χ2n) is 7.03. The van der Waals surface area contributed by atoms with Crippen molar-refractivity contribution in [1.29, 1.82) is 0 Å². The van der Waals surface area contributed by atoms with Gasteiger partial charge in [0, 0.05) is 18.6 Å². The molecule has 0 amide bonds. The fraction of sp³-hybridized carbons (Fsp3) is 0.474. The van der Waals surface area contributed by atoms with E-state index in [9.17, 15) is 13.2 Å². The van der Waals surface area contributed by atoms with Crippen molar-refractivity contribution in [1.82, 2.24) is 15.1 Å². The minimum Gasteiger partial charge on any atom is -0.497 e. The molecule has 4 rings (SSSR count). The Kier molecular flexibility index (Phi) is 4.67. The molecule has 2 fully saturated rings. The molecule has 2 aromatic rings. The number of halogens is 3. The standard InChI is InChI=1S/C19H21F3N4O/c1-27-14-4-2-3-12(11-14)18-15(9-10-26(18)13-5-6-13)23-17-8-7-16(24-25-17)19(20,21)22/h2-4,7-8,11,13,15,18H,5-6,9-10H2,1H3,(H,23,25). The molecule has 8 heteroatoms. The summed E-state index contributed by atoms with van der Waals surface area (Å²) in [5.41, 5.74) is 0.152. The lowest BCUT2D eigenvalue weighted by atomic mass is 9.99. The highest BCUT2D eigenvalue weighted by Gasteiger charge is 2.43. The van der Waals surface area contributed by atoms with E-state index in [0.29, 0.717) is 11.9 Å². The minimum atomic E-state index is -4.48. The average molecular weight is 378 g/mol. The van der Waals surface area contributed by atoms with Gasteiger partial charge in [-0.2, -0.15) is 13.2 Å². The monoisotopic (exact) mass is 378 g/mol. The molecule has 1 aromatic heterocycles. The van der Waals surface area contributed by atoms with Crippen LogP contribution in [0.25, 0.3) is 0 Å². The zero-order chi connectivity index (χ0) is 19.0. The molecule has 1 aliphatic heterocycles. The number of alkyl halides is 3. The Bertz CT molecular complexity index is 792. The molecule has 144 valence electrons. The smallest absolute Gasteiger partial charge is 0.435 e. The van der Waals surface area contributed by atoms with Crippen molar-refractivity contribution < 1.29 is 17.9 Å². The maximum Gasteiger partial charge on any atom is 0.435 e. The van der Waals surface area contributed by atoms with Crippen LogP contribution in [0.1, 0.15) is 36.6 Å². The zero-order valence-corrected chi connectivity index (χ0v) is 14.9. The van der Waals surface area contributed by atoms with E-state index in [0.717, 1.165) is 30.3 Å². The van der Waals surface area contributed by atoms with Gasteiger partial charge in [0.2, 0.25) is 0 Å². The van der Waals surface area contributed by atoms with Crippen LogP contribution in [0.3, 0.4) is 0 Å². The summed E-state index contributed by atoms with van der Waals surface area (Å²) in [6.07, 6.45) is -1.22. The van der Waals surface area contributed by atoms with E-state index in [1.807, 2.05) is 18.2 Å². The van der Waals surface area contributed by atoms with Crippen molar-refractivity contribution in [2.75, 3.05) is 19.0 Å². The Morgan fingerprint density at radius 2 is 1.93 bits per heavy atom. The number of nitrogens with zero attached hydrogens (tertiary/aromatic N) is 3. The van der Waals surface area contributed by atoms with Gasteiger partial charge in [0.25, 0.3) is 0 Å². The van der Waals surface area contributed by atoms with Gasteiger partial charge in [-0.1, -0.05) is 12.1 Å². The van der Waals surface area contributed by atoms with E-state index < -0.39 is 11.9 Å². The van der Waals surface area contributed by atoms with Gasteiger partial charge >= 0.3 is 6.18 Å². The van der Waals surface area contributed by atoms with Crippen LogP contribution in [0.2, 0.25) is 0 Å². The molecule has 1 aliphatic carbocycles. The number of hydrogen-bond donors (Lipinski definition) is 1. The zero-order valence-electron chi connectivity index (χ0n) is 14.9. The van der Waals surface area contributed by atoms with Crippen LogP contribution in [-0.4, -0.2) is 40.8 Å². The van der Waals surface area contributed by atoms with Crippen molar-refractivity contribution in [3.05, 3.63) is 47.7 Å². The number of hydrogen-bond acceptors (Lipinski definition) is 5. The highest BCUT2D eigenvalue weighted by Crippen LogP contribution is 2.42. The molecule has 0 bridgehead atoms. The van der Waals surface area contributed by atoms with E-state index in [1.54, 1.807) is 7.11 Å². The van der Waals surface area contributed by atoms with E-state index in [4.69, 9.17) is 4.74 Å². The second kappa shape index (κ2) is 6.99. The normalized spacial score (nSPS) is 23.4. The van der Waals surface area contributed by atoms with Crippen LogP contribution in [-0.2, 0) is 6.18 Å². The van der Waals surface area contributed by atoms with Crippen molar-refractivity contribution in [3.63, 3.8) is 0 Å². The number of methoxy groups -OCH3 is 1. The van der Waals surface area contributed by atoms with Crippen molar-refractivity contribution >= 4 is 5.82 Å². The summed E-state index contributed by atoms with van der Waals surface area (Å²) in [7, 11) is 1.64. The molecule has 1 N–H and O–H groups in total. The van der Waals surface area contributed by atoms with E-state index >= 15 is 0 Å². The molecule has 0 radical (unpaired) electrons. The summed E-state index contributed by atoms with van der Waals surface area (Å²) < 4.78 is 43.4. The van der Waals surface area contributed by atoms with Crippen molar-refractivity contribution in [3.8, 4) is 5.75 Å². The van der Waals surface area contributed by atoms with Crippen molar-refractivity contribution in [2.24, 2.45) is 0 Å². The summed E-state index contributed by atoms with van der Waals surface area (Å²) in [4.78, 5) is 2.48. The van der Waals surface area contributed by atoms with Gasteiger partial charge in [0.1, 0.15) is 11.6 Å². The molecule has 1 saturated carbocycles. The first-order valence-corrected chi connectivity index (χ1v) is 9.03. The quantitative estimate of drug-likeness (QED) is 0.855. The first-order chi connectivity index (χ1) is 13.0. The van der Waals surface area contributed by atoms with Gasteiger partial charge < -0.3 is 10.1 Å². The highest BCUT2D eigenvalue weighted by atomic mass is 19.4. The number of anilines is 1. The first kappa shape index (κ1) is 18.0. The maximum absolute atomic E-state index is 12.7. The van der Waals surface area contributed by atoms with Crippen molar-refractivity contribution in [2.45, 2.75) is 43.6 Å². The summed E-state index contributed by atoms with van der Waals surface area (Å²) in [5.74, 6) is 1.15. The predicted molar refractivity (Wildman–Crippen MR) is 94.5 cm³/mol. The number of nitrogens with one attached hydrogen (secondary N) is 1. The van der Waals surface area contributed by atoms with Crippen LogP contribution in [0.15, 0.2) is 36.4 Å². The third-order valence-electron chi connectivity index (χ3n) is 5.18. The van der Waals surface area contributed by atoms with Gasteiger partial charge in [-0.3, -0.25) is 4.90 Å². The van der Waals surface area contributed by atoms with Gasteiger partial charge in [0.15, 0.2) is 5.69 Å². The molecule has 1 saturated heterocycles. The predicted octanol–water partition coefficient (Wildman–Crippen LogP) is 3.89. The summed E-state index contributed by atoms with van der Waals surface area (Å²) in [6, 6.07) is 11.0. The lowest BCUT2D eigenvalue weighted by molar-refractivity contribution is -0.141. The van der Waals surface area contributed by atoms with Crippen LogP contribution >= 0.6 is 0 Å². The molecule has 5 nitrogen and oxygen atoms in total. The lowest BCUT2D eigenvalue weighted by Crippen LogP contribution is -2.33. The Morgan fingerprint density at radius 1 is 1.11 bits per heavy atom. The third-order valence-corrected chi connectivity index (χ3v) is 5.18. The third kappa shape index (κ3) is 3.85. The number of aromatic nitrogens is 2. The average Bonchev–Trinajstić information content (AvgIpc) is 3.42.